The van der Waals surface area contributed by atoms with Crippen LogP contribution in [0.4, 0.5) is 18.9 Å². The zero-order chi connectivity index (χ0) is 15.5. The first-order valence-corrected chi connectivity index (χ1v) is 7.24. The predicted molar refractivity (Wildman–Crippen MR) is 77.5 cm³/mol. The van der Waals surface area contributed by atoms with E-state index in [4.69, 9.17) is 23.2 Å². The molecule has 9 heteroatoms. The summed E-state index contributed by atoms with van der Waals surface area (Å²) in [6.07, 6.45) is -2.76. The summed E-state index contributed by atoms with van der Waals surface area (Å²) in [7, 11) is 0. The maximum absolute atomic E-state index is 12.1. The van der Waals surface area contributed by atoms with Crippen LogP contribution in [0.25, 0.3) is 0 Å². The smallest absolute Gasteiger partial charge is 0.422 e. The standard InChI is InChI=1S/C12H9Cl2F3N2OS/c13-9-3-7(18-4-8-5-19-11(14)21-8)1-2-10(9)20-6-12(15,16)17/h1-3,5,18H,4,6H2. The molecule has 0 saturated heterocycles. The number of nitrogens with one attached hydrogen (secondary N) is 1. The van der Waals surface area contributed by atoms with Gasteiger partial charge in [0.15, 0.2) is 11.1 Å². The third-order valence-corrected chi connectivity index (χ3v) is 3.73. The van der Waals surface area contributed by atoms with E-state index in [1.54, 1.807) is 12.3 Å². The van der Waals surface area contributed by atoms with Crippen molar-refractivity contribution in [1.29, 1.82) is 0 Å². The molecule has 1 aromatic heterocycles. The van der Waals surface area contributed by atoms with Gasteiger partial charge in [-0.15, -0.1) is 11.3 Å². The minimum absolute atomic E-state index is 0.0135. The Labute approximate surface area is 132 Å². The van der Waals surface area contributed by atoms with Crippen LogP contribution in [0, 0.1) is 0 Å². The fourth-order valence-corrected chi connectivity index (χ4v) is 2.59. The molecule has 0 aliphatic heterocycles. The number of aromatic nitrogens is 1. The van der Waals surface area contributed by atoms with Gasteiger partial charge in [-0.1, -0.05) is 23.2 Å². The highest BCUT2D eigenvalue weighted by Crippen LogP contribution is 2.29. The molecular formula is C12H9Cl2F3N2OS. The van der Waals surface area contributed by atoms with Crippen LogP contribution in [-0.2, 0) is 6.54 Å². The monoisotopic (exact) mass is 356 g/mol. The summed E-state index contributed by atoms with van der Waals surface area (Å²) in [5.41, 5.74) is 0.656. The molecule has 0 amide bonds. The second-order valence-corrected chi connectivity index (χ2v) is 6.09. The normalized spacial score (nSPS) is 11.5. The molecule has 0 saturated carbocycles. The number of nitrogens with zero attached hydrogens (tertiary/aromatic N) is 1. The van der Waals surface area contributed by atoms with Crippen molar-refractivity contribution in [2.75, 3.05) is 11.9 Å². The molecule has 0 aliphatic carbocycles. The predicted octanol–water partition coefficient (Wildman–Crippen LogP) is 5.00. The number of rotatable bonds is 5. The molecule has 114 valence electrons. The molecule has 1 heterocycles. The number of thiazole rings is 1. The Hall–Kier alpha value is -1.18. The summed E-state index contributed by atoms with van der Waals surface area (Å²) in [6.45, 7) is -0.887. The largest absolute Gasteiger partial charge is 0.483 e. The first-order valence-electron chi connectivity index (χ1n) is 5.67. The van der Waals surface area contributed by atoms with Crippen LogP contribution < -0.4 is 10.1 Å². The Morgan fingerprint density at radius 1 is 1.29 bits per heavy atom. The lowest BCUT2D eigenvalue weighted by atomic mass is 10.3. The molecule has 0 bridgehead atoms. The summed E-state index contributed by atoms with van der Waals surface area (Å²) < 4.78 is 41.3. The summed E-state index contributed by atoms with van der Waals surface area (Å²) in [5.74, 6) is -0.0135. The molecule has 3 nitrogen and oxygen atoms in total. The van der Waals surface area contributed by atoms with Gasteiger partial charge in [0.25, 0.3) is 0 Å². The van der Waals surface area contributed by atoms with Gasteiger partial charge >= 0.3 is 6.18 Å². The Morgan fingerprint density at radius 2 is 2.05 bits per heavy atom. The average Bonchev–Trinajstić information content (AvgIpc) is 2.80. The number of halogens is 5. The summed E-state index contributed by atoms with van der Waals surface area (Å²) >= 11 is 12.9. The highest BCUT2D eigenvalue weighted by atomic mass is 35.5. The Morgan fingerprint density at radius 3 is 2.62 bits per heavy atom. The van der Waals surface area contributed by atoms with E-state index in [0.717, 1.165) is 4.88 Å². The van der Waals surface area contributed by atoms with Gasteiger partial charge in [0.2, 0.25) is 0 Å². The summed E-state index contributed by atoms with van der Waals surface area (Å²) in [4.78, 5) is 4.82. The molecule has 2 rings (SSSR count). The van der Waals surface area contributed by atoms with Crippen molar-refractivity contribution in [2.45, 2.75) is 12.7 Å². The van der Waals surface area contributed by atoms with Crippen molar-refractivity contribution in [1.82, 2.24) is 4.98 Å². The number of ether oxygens (including phenoxy) is 1. The van der Waals surface area contributed by atoms with Crippen molar-refractivity contribution in [2.24, 2.45) is 0 Å². The molecule has 0 atom stereocenters. The molecule has 0 spiro atoms. The quantitative estimate of drug-likeness (QED) is 0.818. The number of benzene rings is 1. The van der Waals surface area contributed by atoms with E-state index in [-0.39, 0.29) is 10.8 Å². The van der Waals surface area contributed by atoms with Gasteiger partial charge in [-0.05, 0) is 18.2 Å². The number of hydrogen-bond acceptors (Lipinski definition) is 4. The van der Waals surface area contributed by atoms with Crippen LogP contribution in [0.2, 0.25) is 9.49 Å². The first kappa shape index (κ1) is 16.2. The third-order valence-electron chi connectivity index (χ3n) is 2.32. The second-order valence-electron chi connectivity index (χ2n) is 3.98. The van der Waals surface area contributed by atoms with Crippen LogP contribution in [0.15, 0.2) is 24.4 Å². The molecule has 0 fully saturated rings. The molecular weight excluding hydrogens is 348 g/mol. The van der Waals surface area contributed by atoms with Crippen molar-refractivity contribution in [3.63, 3.8) is 0 Å². The zero-order valence-corrected chi connectivity index (χ0v) is 12.7. The second kappa shape index (κ2) is 6.72. The minimum Gasteiger partial charge on any atom is -0.483 e. The highest BCUT2D eigenvalue weighted by Gasteiger charge is 2.28. The topological polar surface area (TPSA) is 34.1 Å². The fraction of sp³-hybridized carbons (Fsp3) is 0.250. The maximum atomic E-state index is 12.1. The Bertz CT molecular complexity index is 619. The van der Waals surface area contributed by atoms with Gasteiger partial charge in [0.1, 0.15) is 5.75 Å². The van der Waals surface area contributed by atoms with Gasteiger partial charge in [0.05, 0.1) is 11.6 Å². The highest BCUT2D eigenvalue weighted by molar-refractivity contribution is 7.15. The van der Waals surface area contributed by atoms with Crippen molar-refractivity contribution >= 4 is 40.2 Å². The van der Waals surface area contributed by atoms with Crippen molar-refractivity contribution < 1.29 is 17.9 Å². The molecule has 0 aliphatic rings. The van der Waals surface area contributed by atoms with Crippen LogP contribution >= 0.6 is 34.5 Å². The lowest BCUT2D eigenvalue weighted by Gasteiger charge is -2.12. The zero-order valence-electron chi connectivity index (χ0n) is 10.4. The molecule has 21 heavy (non-hydrogen) atoms. The van der Waals surface area contributed by atoms with E-state index in [1.807, 2.05) is 0 Å². The van der Waals surface area contributed by atoms with Crippen molar-refractivity contribution in [3.8, 4) is 5.75 Å². The fourth-order valence-electron chi connectivity index (χ4n) is 1.44. The van der Waals surface area contributed by atoms with Crippen LogP contribution in [0.1, 0.15) is 4.88 Å². The van der Waals surface area contributed by atoms with Crippen LogP contribution in [0.5, 0.6) is 5.75 Å². The van der Waals surface area contributed by atoms with E-state index in [2.05, 4.69) is 15.0 Å². The SMILES string of the molecule is FC(F)(F)COc1ccc(NCc2cnc(Cl)s2)cc1Cl. The van der Waals surface area contributed by atoms with E-state index >= 15 is 0 Å². The lowest BCUT2D eigenvalue weighted by Crippen LogP contribution is -2.19. The number of alkyl halides is 3. The summed E-state index contributed by atoms with van der Waals surface area (Å²) in [6, 6.07) is 4.46. The van der Waals surface area contributed by atoms with E-state index in [0.29, 0.717) is 16.7 Å². The Kier molecular flexibility index (Phi) is 5.18. The molecule has 2 aromatic rings. The van der Waals surface area contributed by atoms with Crippen molar-refractivity contribution in [3.05, 3.63) is 38.8 Å². The van der Waals surface area contributed by atoms with E-state index < -0.39 is 12.8 Å². The van der Waals surface area contributed by atoms with E-state index in [1.165, 1.54) is 23.5 Å². The molecule has 0 unspecified atom stereocenters. The number of hydrogen-bond donors (Lipinski definition) is 1. The third kappa shape index (κ3) is 5.26. The minimum atomic E-state index is -4.40. The summed E-state index contributed by atoms with van der Waals surface area (Å²) in [5, 5.41) is 3.17. The van der Waals surface area contributed by atoms with Gasteiger partial charge in [-0.25, -0.2) is 4.98 Å². The van der Waals surface area contributed by atoms with Crippen LogP contribution in [-0.4, -0.2) is 17.8 Å². The van der Waals surface area contributed by atoms with Gasteiger partial charge in [-0.2, -0.15) is 13.2 Å². The average molecular weight is 357 g/mol. The molecule has 1 aromatic carbocycles. The lowest BCUT2D eigenvalue weighted by molar-refractivity contribution is -0.153. The van der Waals surface area contributed by atoms with Gasteiger partial charge < -0.3 is 10.1 Å². The van der Waals surface area contributed by atoms with Gasteiger partial charge in [-0.3, -0.25) is 0 Å². The number of anilines is 1. The molecule has 0 radical (unpaired) electrons. The maximum Gasteiger partial charge on any atom is 0.422 e. The van der Waals surface area contributed by atoms with Crippen LogP contribution in [0.3, 0.4) is 0 Å². The van der Waals surface area contributed by atoms with E-state index in [9.17, 15) is 13.2 Å². The first-order chi connectivity index (χ1) is 9.83. The molecule has 1 N–H and O–H groups in total. The van der Waals surface area contributed by atoms with Gasteiger partial charge in [0, 0.05) is 16.8 Å². The Balaban J connectivity index is 1.95.